The van der Waals surface area contributed by atoms with E-state index in [1.165, 1.54) is 18.2 Å². The zero-order valence-electron chi connectivity index (χ0n) is 12.7. The quantitative estimate of drug-likeness (QED) is 0.487. The fraction of sp³-hybridized carbons (Fsp3) is 0.167. The zero-order chi connectivity index (χ0) is 16.7. The number of hydrogen-bond acceptors (Lipinski definition) is 5. The number of hydrogen-bond donors (Lipinski definition) is 2. The number of methoxy groups -OCH3 is 1. The molecule has 2 rings (SSSR count). The van der Waals surface area contributed by atoms with Crippen molar-refractivity contribution in [1.29, 1.82) is 0 Å². The molecule has 0 spiro atoms. The first-order valence-electron chi connectivity index (χ1n) is 7.08. The number of ether oxygens (including phenoxy) is 2. The number of benzene rings is 2. The summed E-state index contributed by atoms with van der Waals surface area (Å²) in [6.07, 6.45) is 3.47. The number of esters is 1. The molecule has 2 N–H and O–H groups in total. The van der Waals surface area contributed by atoms with Gasteiger partial charge in [-0.25, -0.2) is 4.79 Å². The number of carbonyl (C=O) groups excluding carboxylic acids is 1. The molecular formula is C18H18O5. The summed E-state index contributed by atoms with van der Waals surface area (Å²) in [5.74, 6) is -0.0490. The molecule has 0 atom stereocenters. The minimum absolute atomic E-state index is 0.173. The van der Waals surface area contributed by atoms with E-state index in [1.54, 1.807) is 19.3 Å². The molecule has 0 aliphatic carbocycles. The summed E-state index contributed by atoms with van der Waals surface area (Å²) >= 11 is 0. The third-order valence-electron chi connectivity index (χ3n) is 3.20. The van der Waals surface area contributed by atoms with Crippen LogP contribution in [0.1, 0.15) is 11.1 Å². The van der Waals surface area contributed by atoms with Crippen LogP contribution in [0.4, 0.5) is 0 Å². The van der Waals surface area contributed by atoms with E-state index in [0.29, 0.717) is 6.42 Å². The Morgan fingerprint density at radius 3 is 2.48 bits per heavy atom. The van der Waals surface area contributed by atoms with Crippen molar-refractivity contribution in [2.45, 2.75) is 6.42 Å². The van der Waals surface area contributed by atoms with Gasteiger partial charge in [0.2, 0.25) is 0 Å². The Kier molecular flexibility index (Phi) is 5.63. The highest BCUT2D eigenvalue weighted by Crippen LogP contribution is 2.24. The van der Waals surface area contributed by atoms with E-state index in [1.807, 2.05) is 24.3 Å². The van der Waals surface area contributed by atoms with Crippen molar-refractivity contribution in [3.8, 4) is 17.2 Å². The van der Waals surface area contributed by atoms with Crippen molar-refractivity contribution < 1.29 is 24.5 Å². The monoisotopic (exact) mass is 314 g/mol. The highest BCUT2D eigenvalue weighted by molar-refractivity contribution is 5.87. The topological polar surface area (TPSA) is 76.0 Å². The van der Waals surface area contributed by atoms with Gasteiger partial charge in [0, 0.05) is 12.5 Å². The first-order valence-corrected chi connectivity index (χ1v) is 7.08. The van der Waals surface area contributed by atoms with E-state index in [0.717, 1.165) is 16.9 Å². The van der Waals surface area contributed by atoms with Crippen LogP contribution in [0.15, 0.2) is 48.5 Å². The second kappa shape index (κ2) is 7.89. The van der Waals surface area contributed by atoms with Gasteiger partial charge in [0.15, 0.2) is 11.5 Å². The number of aromatic hydroxyl groups is 2. The molecule has 0 saturated heterocycles. The summed E-state index contributed by atoms with van der Waals surface area (Å²) < 4.78 is 10.1. The minimum atomic E-state index is -0.441. The van der Waals surface area contributed by atoms with Gasteiger partial charge in [-0.1, -0.05) is 18.2 Å². The number of rotatable bonds is 6. The van der Waals surface area contributed by atoms with E-state index < -0.39 is 5.97 Å². The van der Waals surface area contributed by atoms with Crippen LogP contribution in [0.5, 0.6) is 17.2 Å². The Hall–Kier alpha value is -2.95. The van der Waals surface area contributed by atoms with Crippen molar-refractivity contribution in [3.05, 3.63) is 59.7 Å². The fourth-order valence-electron chi connectivity index (χ4n) is 1.92. The third kappa shape index (κ3) is 5.07. The van der Waals surface area contributed by atoms with Crippen molar-refractivity contribution in [2.75, 3.05) is 13.7 Å². The molecule has 0 aliphatic heterocycles. The molecular weight excluding hydrogens is 296 g/mol. The van der Waals surface area contributed by atoms with Crippen LogP contribution in [0.25, 0.3) is 6.08 Å². The number of phenols is 2. The van der Waals surface area contributed by atoms with Crippen LogP contribution in [-0.2, 0) is 16.0 Å². The molecule has 2 aromatic rings. The summed E-state index contributed by atoms with van der Waals surface area (Å²) in [6.45, 7) is 0.190. The summed E-state index contributed by atoms with van der Waals surface area (Å²) in [6, 6.07) is 11.8. The maximum absolute atomic E-state index is 11.6. The van der Waals surface area contributed by atoms with Crippen LogP contribution >= 0.6 is 0 Å². The van der Waals surface area contributed by atoms with Crippen molar-refractivity contribution >= 4 is 12.0 Å². The predicted octanol–water partition coefficient (Wildman–Crippen LogP) is 2.91. The normalized spacial score (nSPS) is 10.7. The van der Waals surface area contributed by atoms with Gasteiger partial charge in [-0.3, -0.25) is 0 Å². The maximum Gasteiger partial charge on any atom is 0.330 e. The number of phenolic OH excluding ortho intramolecular Hbond substituents is 2. The van der Waals surface area contributed by atoms with Crippen LogP contribution in [0.2, 0.25) is 0 Å². The molecule has 0 aromatic heterocycles. The lowest BCUT2D eigenvalue weighted by Crippen LogP contribution is -2.04. The van der Waals surface area contributed by atoms with E-state index in [9.17, 15) is 15.0 Å². The highest BCUT2D eigenvalue weighted by Gasteiger charge is 2.02. The largest absolute Gasteiger partial charge is 0.504 e. The SMILES string of the molecule is COc1ccc(/C=C/C(=O)OCCc2ccc(O)c(O)c2)cc1. The van der Waals surface area contributed by atoms with E-state index in [2.05, 4.69) is 0 Å². The molecule has 0 amide bonds. The van der Waals surface area contributed by atoms with Crippen LogP contribution in [0.3, 0.4) is 0 Å². The molecule has 5 heteroatoms. The van der Waals surface area contributed by atoms with Crippen LogP contribution in [-0.4, -0.2) is 29.9 Å². The molecule has 0 saturated carbocycles. The first kappa shape index (κ1) is 16.4. The summed E-state index contributed by atoms with van der Waals surface area (Å²) in [5.41, 5.74) is 1.64. The lowest BCUT2D eigenvalue weighted by Gasteiger charge is -2.04. The third-order valence-corrected chi connectivity index (χ3v) is 3.20. The minimum Gasteiger partial charge on any atom is -0.504 e. The molecule has 5 nitrogen and oxygen atoms in total. The maximum atomic E-state index is 11.6. The Labute approximate surface area is 134 Å². The molecule has 120 valence electrons. The molecule has 0 unspecified atom stereocenters. The average Bonchev–Trinajstić information content (AvgIpc) is 2.56. The smallest absolute Gasteiger partial charge is 0.330 e. The molecule has 0 bridgehead atoms. The summed E-state index contributed by atoms with van der Waals surface area (Å²) in [5, 5.41) is 18.6. The zero-order valence-corrected chi connectivity index (χ0v) is 12.7. The molecule has 0 radical (unpaired) electrons. The molecule has 2 aromatic carbocycles. The van der Waals surface area contributed by atoms with Gasteiger partial charge in [0.1, 0.15) is 5.75 Å². The van der Waals surface area contributed by atoms with Crippen LogP contribution < -0.4 is 4.74 Å². The van der Waals surface area contributed by atoms with Crippen molar-refractivity contribution in [3.63, 3.8) is 0 Å². The van der Waals surface area contributed by atoms with E-state index in [4.69, 9.17) is 9.47 Å². The van der Waals surface area contributed by atoms with Gasteiger partial charge in [-0.2, -0.15) is 0 Å². The summed E-state index contributed by atoms with van der Waals surface area (Å²) in [7, 11) is 1.59. The second-order valence-electron chi connectivity index (χ2n) is 4.85. The molecule has 0 heterocycles. The molecule has 0 fully saturated rings. The van der Waals surface area contributed by atoms with Gasteiger partial charge in [-0.05, 0) is 41.5 Å². The lowest BCUT2D eigenvalue weighted by atomic mass is 10.1. The van der Waals surface area contributed by atoms with Crippen molar-refractivity contribution in [1.82, 2.24) is 0 Å². The van der Waals surface area contributed by atoms with Crippen LogP contribution in [0, 0.1) is 0 Å². The predicted molar refractivity (Wildman–Crippen MR) is 86.5 cm³/mol. The fourth-order valence-corrected chi connectivity index (χ4v) is 1.92. The average molecular weight is 314 g/mol. The Morgan fingerprint density at radius 1 is 1.09 bits per heavy atom. The van der Waals surface area contributed by atoms with Gasteiger partial charge >= 0.3 is 5.97 Å². The molecule has 0 aliphatic rings. The standard InChI is InChI=1S/C18H18O5/c1-22-15-6-2-13(3-7-15)5-9-18(21)23-11-10-14-4-8-16(19)17(20)12-14/h2-9,12,19-20H,10-11H2,1H3/b9-5+. The highest BCUT2D eigenvalue weighted by atomic mass is 16.5. The first-order chi connectivity index (χ1) is 11.1. The van der Waals surface area contributed by atoms with Gasteiger partial charge in [-0.15, -0.1) is 0 Å². The lowest BCUT2D eigenvalue weighted by molar-refractivity contribution is -0.137. The van der Waals surface area contributed by atoms with E-state index in [-0.39, 0.29) is 18.1 Å². The van der Waals surface area contributed by atoms with Gasteiger partial charge < -0.3 is 19.7 Å². The Morgan fingerprint density at radius 2 is 1.83 bits per heavy atom. The Balaban J connectivity index is 1.79. The van der Waals surface area contributed by atoms with Gasteiger partial charge in [0.25, 0.3) is 0 Å². The van der Waals surface area contributed by atoms with Crippen molar-refractivity contribution in [2.24, 2.45) is 0 Å². The molecule has 23 heavy (non-hydrogen) atoms. The second-order valence-corrected chi connectivity index (χ2v) is 4.85. The number of carbonyl (C=O) groups is 1. The van der Waals surface area contributed by atoms with E-state index >= 15 is 0 Å². The Bertz CT molecular complexity index is 689. The summed E-state index contributed by atoms with van der Waals surface area (Å²) in [4.78, 5) is 11.6. The van der Waals surface area contributed by atoms with Gasteiger partial charge in [0.05, 0.1) is 13.7 Å².